The van der Waals surface area contributed by atoms with Crippen LogP contribution in [0.15, 0.2) is 42.5 Å². The Morgan fingerprint density at radius 2 is 1.91 bits per heavy atom. The second-order valence-electron chi connectivity index (χ2n) is 12.8. The average molecular weight is 600 g/mol. The molecule has 3 aromatic carbocycles. The molecule has 4 aliphatic rings. The number of nitriles is 1. The van der Waals surface area contributed by atoms with Gasteiger partial charge in [0.1, 0.15) is 30.2 Å². The molecule has 0 radical (unpaired) electrons. The van der Waals surface area contributed by atoms with E-state index in [1.54, 1.807) is 12.1 Å². The van der Waals surface area contributed by atoms with Gasteiger partial charge in [-0.1, -0.05) is 18.2 Å². The number of rotatable bonds is 5. The fourth-order valence-electron chi connectivity index (χ4n) is 8.17. The summed E-state index contributed by atoms with van der Waals surface area (Å²) in [5, 5.41) is 25.8. The van der Waals surface area contributed by atoms with Crippen molar-refractivity contribution in [1.29, 1.82) is 5.26 Å². The topological polar surface area (TPSA) is 84.6 Å². The van der Waals surface area contributed by atoms with Crippen LogP contribution < -0.4 is 15.0 Å². The number of hydrogen-bond acceptors (Lipinski definition) is 7. The molecule has 4 saturated heterocycles. The van der Waals surface area contributed by atoms with Gasteiger partial charge in [-0.2, -0.15) is 5.26 Å². The van der Waals surface area contributed by atoms with Gasteiger partial charge in [-0.05, 0) is 73.0 Å². The molecular formula is C34H32F3N5O2. The predicted octanol–water partition coefficient (Wildman–Crippen LogP) is 5.81. The largest absolute Gasteiger partial charge is 0.508 e. The van der Waals surface area contributed by atoms with Gasteiger partial charge >= 0.3 is 0 Å². The smallest absolute Gasteiger partial charge is 0.234 e. The summed E-state index contributed by atoms with van der Waals surface area (Å²) in [5.74, 6) is -1.85. The van der Waals surface area contributed by atoms with Crippen LogP contribution in [0.4, 0.5) is 18.9 Å². The monoisotopic (exact) mass is 599 g/mol. The zero-order valence-electron chi connectivity index (χ0n) is 24.1. The lowest BCUT2D eigenvalue weighted by Crippen LogP contribution is -2.51. The molecule has 4 aliphatic heterocycles. The summed E-state index contributed by atoms with van der Waals surface area (Å²) in [6.07, 6.45) is 3.42. The number of ether oxygens (including phenoxy) is 1. The molecule has 10 heteroatoms. The molecule has 226 valence electrons. The average Bonchev–Trinajstić information content (AvgIpc) is 3.66. The molecule has 4 fully saturated rings. The van der Waals surface area contributed by atoms with Gasteiger partial charge in [0, 0.05) is 48.9 Å². The lowest BCUT2D eigenvalue weighted by Gasteiger charge is -2.36. The molecule has 5 heterocycles. The van der Waals surface area contributed by atoms with Crippen LogP contribution in [0.5, 0.6) is 11.6 Å². The highest BCUT2D eigenvalue weighted by Gasteiger charge is 2.49. The van der Waals surface area contributed by atoms with Crippen LogP contribution >= 0.6 is 0 Å². The Hall–Kier alpha value is -4.07. The summed E-state index contributed by atoms with van der Waals surface area (Å²) in [6.45, 7) is 2.91. The van der Waals surface area contributed by atoms with E-state index in [9.17, 15) is 19.1 Å². The van der Waals surface area contributed by atoms with E-state index in [1.165, 1.54) is 18.2 Å². The number of halogens is 3. The van der Waals surface area contributed by atoms with Gasteiger partial charge in [0.25, 0.3) is 0 Å². The van der Waals surface area contributed by atoms with Crippen LogP contribution in [0.3, 0.4) is 0 Å². The predicted molar refractivity (Wildman–Crippen MR) is 162 cm³/mol. The molecule has 8 rings (SSSR count). The van der Waals surface area contributed by atoms with Crippen molar-refractivity contribution in [2.75, 3.05) is 37.7 Å². The quantitative estimate of drug-likeness (QED) is 0.300. The minimum atomic E-state index is -0.991. The molecule has 0 aliphatic carbocycles. The third-order valence-corrected chi connectivity index (χ3v) is 10.1. The molecule has 7 nitrogen and oxygen atoms in total. The molecule has 0 spiro atoms. The second-order valence-corrected chi connectivity index (χ2v) is 12.8. The van der Waals surface area contributed by atoms with E-state index in [0.717, 1.165) is 62.5 Å². The van der Waals surface area contributed by atoms with E-state index in [-0.39, 0.29) is 23.6 Å². The van der Waals surface area contributed by atoms with Crippen LogP contribution in [-0.2, 0) is 0 Å². The van der Waals surface area contributed by atoms with Crippen LogP contribution in [-0.4, -0.2) is 71.6 Å². The lowest BCUT2D eigenvalue weighted by atomic mass is 9.94. The second kappa shape index (κ2) is 10.2. The highest BCUT2D eigenvalue weighted by atomic mass is 19.2. The minimum absolute atomic E-state index is 0.0635. The first kappa shape index (κ1) is 27.5. The van der Waals surface area contributed by atoms with Crippen molar-refractivity contribution >= 4 is 27.4 Å². The fraction of sp³-hybridized carbons (Fsp3) is 0.412. The van der Waals surface area contributed by atoms with Crippen LogP contribution in [0.2, 0.25) is 0 Å². The normalized spacial score (nSPS) is 26.4. The van der Waals surface area contributed by atoms with E-state index < -0.39 is 23.3 Å². The van der Waals surface area contributed by atoms with Gasteiger partial charge in [-0.3, -0.25) is 4.90 Å². The third kappa shape index (κ3) is 4.36. The van der Waals surface area contributed by atoms with Crippen molar-refractivity contribution < 1.29 is 23.0 Å². The van der Waals surface area contributed by atoms with Gasteiger partial charge in [0.05, 0.1) is 16.7 Å². The van der Waals surface area contributed by atoms with Crippen molar-refractivity contribution in [3.63, 3.8) is 0 Å². The SMILES string of the molecule is N#Cc1c(OC[C@@]23CCCN2C[C@H](F)C3)nc2cc(-c3cc(O)cc4ccc(F)c(F)c34)ccc2c1N1C[C@H]2CC[C@@H](C1)N2. The summed E-state index contributed by atoms with van der Waals surface area (Å²) in [7, 11) is 0. The number of piperazine rings is 1. The molecule has 2 N–H and O–H groups in total. The first-order valence-corrected chi connectivity index (χ1v) is 15.3. The number of anilines is 1. The Morgan fingerprint density at radius 1 is 1.09 bits per heavy atom. The number of benzene rings is 3. The van der Waals surface area contributed by atoms with E-state index in [2.05, 4.69) is 21.2 Å². The Kier molecular flexibility index (Phi) is 6.40. The summed E-state index contributed by atoms with van der Waals surface area (Å²) in [5.41, 5.74) is 2.07. The van der Waals surface area contributed by atoms with Crippen molar-refractivity contribution in [1.82, 2.24) is 15.2 Å². The number of aromatic hydroxyl groups is 1. The van der Waals surface area contributed by atoms with Gasteiger partial charge < -0.3 is 20.1 Å². The molecule has 0 amide bonds. The van der Waals surface area contributed by atoms with Crippen molar-refractivity contribution in [2.45, 2.75) is 55.9 Å². The molecule has 1 aromatic heterocycles. The molecule has 0 unspecified atom stereocenters. The summed E-state index contributed by atoms with van der Waals surface area (Å²) in [6, 6.07) is 13.7. The van der Waals surface area contributed by atoms with Crippen LogP contribution in [0, 0.1) is 23.0 Å². The Labute approximate surface area is 252 Å². The van der Waals surface area contributed by atoms with Crippen molar-refractivity contribution in [2.24, 2.45) is 0 Å². The Bertz CT molecular complexity index is 1850. The highest BCUT2D eigenvalue weighted by molar-refractivity contribution is 6.02. The molecular weight excluding hydrogens is 567 g/mol. The molecule has 2 bridgehead atoms. The number of pyridine rings is 1. The Morgan fingerprint density at radius 3 is 2.70 bits per heavy atom. The summed E-state index contributed by atoms with van der Waals surface area (Å²) in [4.78, 5) is 9.25. The maximum absolute atomic E-state index is 15.1. The van der Waals surface area contributed by atoms with Gasteiger partial charge in [-0.15, -0.1) is 0 Å². The molecule has 4 atom stereocenters. The van der Waals surface area contributed by atoms with Crippen molar-refractivity contribution in [3.05, 3.63) is 59.7 Å². The zero-order chi connectivity index (χ0) is 30.2. The van der Waals surface area contributed by atoms with E-state index in [4.69, 9.17) is 9.72 Å². The molecule has 0 saturated carbocycles. The number of nitrogens with zero attached hydrogens (tertiary/aromatic N) is 4. The maximum atomic E-state index is 15.1. The first-order valence-electron chi connectivity index (χ1n) is 15.3. The minimum Gasteiger partial charge on any atom is -0.508 e. The highest BCUT2D eigenvalue weighted by Crippen LogP contribution is 2.43. The summed E-state index contributed by atoms with van der Waals surface area (Å²) < 4.78 is 50.4. The third-order valence-electron chi connectivity index (χ3n) is 10.1. The molecule has 44 heavy (non-hydrogen) atoms. The number of fused-ring (bicyclic) bond motifs is 5. The number of nitrogens with one attached hydrogen (secondary N) is 1. The fourth-order valence-corrected chi connectivity index (χ4v) is 8.17. The number of phenolic OH excluding ortho intramolecular Hbond substituents is 1. The number of aromatic nitrogens is 1. The lowest BCUT2D eigenvalue weighted by molar-refractivity contribution is 0.110. The van der Waals surface area contributed by atoms with E-state index >= 15 is 4.39 Å². The van der Waals surface area contributed by atoms with Gasteiger partial charge in [0.15, 0.2) is 11.6 Å². The number of alkyl halides is 1. The van der Waals surface area contributed by atoms with Crippen LogP contribution in [0.25, 0.3) is 32.8 Å². The van der Waals surface area contributed by atoms with E-state index in [1.807, 2.05) is 6.07 Å². The van der Waals surface area contributed by atoms with E-state index in [0.29, 0.717) is 52.6 Å². The van der Waals surface area contributed by atoms with Gasteiger partial charge in [-0.25, -0.2) is 18.2 Å². The first-order chi connectivity index (χ1) is 21.3. The standard InChI is InChI=1S/C34H32F3N5O2/c35-21-13-34(8-1-9-42(34)15-21)18-44-33-27(14-38)32(41-16-22-4-5-23(17-41)39-22)25-6-2-19(11-29(25)40-33)26-12-24(43)10-20-3-7-28(36)31(37)30(20)26/h2-3,6-7,10-12,21-23,39,43H,1,4-5,8-9,13,15-18H2/t21-,22-,23+,34+/m1/s1. The molecule has 4 aromatic rings. The van der Waals surface area contributed by atoms with Gasteiger partial charge in [0.2, 0.25) is 5.88 Å². The number of phenols is 1. The van der Waals surface area contributed by atoms with Crippen molar-refractivity contribution in [3.8, 4) is 28.8 Å². The number of hydrogen-bond donors (Lipinski definition) is 2. The zero-order valence-corrected chi connectivity index (χ0v) is 24.1. The maximum Gasteiger partial charge on any atom is 0.234 e. The Balaban J connectivity index is 1.28. The van der Waals surface area contributed by atoms with Crippen LogP contribution in [0.1, 0.15) is 37.7 Å². The summed E-state index contributed by atoms with van der Waals surface area (Å²) >= 11 is 0.